The van der Waals surface area contributed by atoms with E-state index in [2.05, 4.69) is 9.97 Å². The lowest BCUT2D eigenvalue weighted by Gasteiger charge is -2.41. The molecular weight excluding hydrogens is 400 g/mol. The maximum absolute atomic E-state index is 15.2. The van der Waals surface area contributed by atoms with Crippen molar-refractivity contribution in [3.63, 3.8) is 0 Å². The van der Waals surface area contributed by atoms with E-state index in [4.69, 9.17) is 0 Å². The highest BCUT2D eigenvalue weighted by molar-refractivity contribution is 5.94. The minimum atomic E-state index is -4.46. The van der Waals surface area contributed by atoms with Crippen molar-refractivity contribution < 1.29 is 22.4 Å². The summed E-state index contributed by atoms with van der Waals surface area (Å²) in [6, 6.07) is 5.12. The van der Waals surface area contributed by atoms with Crippen LogP contribution in [0.3, 0.4) is 0 Å². The number of aryl methyl sites for hydroxylation is 1. The number of hydrogen-bond acceptors (Lipinski definition) is 4. The monoisotopic (exact) mass is 422 g/mol. The average Bonchev–Trinajstić information content (AvgIpc) is 3.54. The van der Waals surface area contributed by atoms with Gasteiger partial charge in [0, 0.05) is 30.7 Å². The Morgan fingerprint density at radius 2 is 1.87 bits per heavy atom. The smallest absolute Gasteiger partial charge is 0.354 e. The Labute approximate surface area is 171 Å². The molecule has 30 heavy (non-hydrogen) atoms. The molecule has 4 rings (SSSR count). The lowest BCUT2D eigenvalue weighted by atomic mass is 9.99. The second kappa shape index (κ2) is 7.85. The molecule has 0 spiro atoms. The third kappa shape index (κ3) is 4.24. The van der Waals surface area contributed by atoms with E-state index < -0.39 is 24.0 Å². The molecule has 0 aromatic carbocycles. The molecular formula is C21H22F4N4O. The van der Waals surface area contributed by atoms with Gasteiger partial charge in [-0.1, -0.05) is 0 Å². The normalized spacial score (nSPS) is 22.1. The van der Waals surface area contributed by atoms with Crippen molar-refractivity contribution in [1.29, 1.82) is 0 Å². The first-order chi connectivity index (χ1) is 14.2. The highest BCUT2D eigenvalue weighted by Gasteiger charge is 2.43. The van der Waals surface area contributed by atoms with Crippen molar-refractivity contribution in [2.75, 3.05) is 18.0 Å². The van der Waals surface area contributed by atoms with Gasteiger partial charge in [-0.2, -0.15) is 13.2 Å². The summed E-state index contributed by atoms with van der Waals surface area (Å²) in [5, 5.41) is 0. The number of nitrogens with zero attached hydrogens (tertiary/aromatic N) is 4. The number of pyridine rings is 2. The Balaban J connectivity index is 1.47. The van der Waals surface area contributed by atoms with Crippen molar-refractivity contribution in [3.8, 4) is 0 Å². The van der Waals surface area contributed by atoms with Gasteiger partial charge in [-0.25, -0.2) is 9.37 Å². The summed E-state index contributed by atoms with van der Waals surface area (Å²) in [7, 11) is 0. The highest BCUT2D eigenvalue weighted by Crippen LogP contribution is 2.35. The van der Waals surface area contributed by atoms with Crippen molar-refractivity contribution in [2.45, 2.75) is 50.6 Å². The molecule has 160 valence electrons. The molecule has 0 bridgehead atoms. The molecule has 2 aromatic heterocycles. The molecule has 1 aliphatic carbocycles. The first kappa shape index (κ1) is 20.6. The quantitative estimate of drug-likeness (QED) is 0.699. The Kier molecular flexibility index (Phi) is 5.38. The van der Waals surface area contributed by atoms with Crippen LogP contribution in [0.2, 0.25) is 0 Å². The summed E-state index contributed by atoms with van der Waals surface area (Å²) in [6.07, 6.45) is -1.44. The van der Waals surface area contributed by atoms with Crippen molar-refractivity contribution >= 4 is 11.7 Å². The van der Waals surface area contributed by atoms with Crippen LogP contribution in [0.25, 0.3) is 0 Å². The van der Waals surface area contributed by atoms with Crippen LogP contribution in [-0.4, -0.2) is 52.1 Å². The summed E-state index contributed by atoms with van der Waals surface area (Å²) in [6.45, 7) is 2.22. The summed E-state index contributed by atoms with van der Waals surface area (Å²) in [5.74, 6) is 0.0786. The molecule has 1 aliphatic heterocycles. The van der Waals surface area contributed by atoms with Gasteiger partial charge in [0.25, 0.3) is 5.91 Å². The summed E-state index contributed by atoms with van der Waals surface area (Å²) >= 11 is 0. The molecule has 0 radical (unpaired) electrons. The van der Waals surface area contributed by atoms with E-state index in [-0.39, 0.29) is 18.5 Å². The molecule has 3 heterocycles. The largest absolute Gasteiger partial charge is 0.417 e. The number of halogens is 4. The van der Waals surface area contributed by atoms with E-state index in [0.29, 0.717) is 24.3 Å². The number of piperidine rings is 1. The molecule has 2 aromatic rings. The van der Waals surface area contributed by atoms with E-state index >= 15 is 4.39 Å². The second-order valence-corrected chi connectivity index (χ2v) is 7.85. The number of amides is 1. The standard InChI is InChI=1S/C21H22F4N4O/c1-13-2-3-14(10-26-13)20(30)29(16-5-6-16)18-8-9-28(12-17(18)22)19-7-4-15(11-27-19)21(23,24)25/h2-4,7,10-11,16-18H,5-6,8-9,12H2,1H3/t17-,18+/m0/s1. The molecule has 9 heteroatoms. The van der Waals surface area contributed by atoms with Crippen LogP contribution in [0.5, 0.6) is 0 Å². The third-order valence-corrected chi connectivity index (χ3v) is 5.60. The van der Waals surface area contributed by atoms with Crippen LogP contribution in [0.4, 0.5) is 23.4 Å². The van der Waals surface area contributed by atoms with Gasteiger partial charge < -0.3 is 9.80 Å². The van der Waals surface area contributed by atoms with Gasteiger partial charge in [-0.15, -0.1) is 0 Å². The highest BCUT2D eigenvalue weighted by atomic mass is 19.4. The summed E-state index contributed by atoms with van der Waals surface area (Å²) in [5.41, 5.74) is 0.395. The zero-order chi connectivity index (χ0) is 21.5. The van der Waals surface area contributed by atoms with Gasteiger partial charge in [0.1, 0.15) is 12.0 Å². The predicted octanol–water partition coefficient (Wildman–Crippen LogP) is 4.03. The number of anilines is 1. The first-order valence-electron chi connectivity index (χ1n) is 9.91. The number of carbonyl (C=O) groups excluding carboxylic acids is 1. The van der Waals surface area contributed by atoms with E-state index in [1.807, 2.05) is 6.92 Å². The lowest BCUT2D eigenvalue weighted by Crippen LogP contribution is -2.55. The average molecular weight is 422 g/mol. The van der Waals surface area contributed by atoms with E-state index in [1.165, 1.54) is 12.3 Å². The molecule has 2 fully saturated rings. The fourth-order valence-corrected chi connectivity index (χ4v) is 3.84. The van der Waals surface area contributed by atoms with Gasteiger partial charge in [-0.3, -0.25) is 9.78 Å². The van der Waals surface area contributed by atoms with Crippen LogP contribution in [0.1, 0.15) is 40.9 Å². The number of carbonyl (C=O) groups is 1. The van der Waals surface area contributed by atoms with Gasteiger partial charge in [0.05, 0.1) is 23.7 Å². The molecule has 1 saturated carbocycles. The van der Waals surface area contributed by atoms with Crippen LogP contribution >= 0.6 is 0 Å². The van der Waals surface area contributed by atoms with Crippen LogP contribution in [0.15, 0.2) is 36.7 Å². The fraction of sp³-hybridized carbons (Fsp3) is 0.476. The van der Waals surface area contributed by atoms with Gasteiger partial charge >= 0.3 is 6.18 Å². The molecule has 1 amide bonds. The van der Waals surface area contributed by atoms with E-state index in [9.17, 15) is 18.0 Å². The molecule has 1 saturated heterocycles. The SMILES string of the molecule is Cc1ccc(C(=O)N(C2CC2)[C@@H]2CCN(c3ccc(C(F)(F)F)cn3)C[C@@H]2F)cn1. The van der Waals surface area contributed by atoms with Gasteiger partial charge in [0.2, 0.25) is 0 Å². The Hall–Kier alpha value is -2.71. The Morgan fingerprint density at radius 3 is 2.40 bits per heavy atom. The number of aromatic nitrogens is 2. The number of hydrogen-bond donors (Lipinski definition) is 0. The van der Waals surface area contributed by atoms with Crippen LogP contribution < -0.4 is 4.90 Å². The van der Waals surface area contributed by atoms with Crippen LogP contribution in [0, 0.1) is 6.92 Å². The molecule has 2 atom stereocenters. The Bertz CT molecular complexity index is 897. The molecule has 0 unspecified atom stereocenters. The minimum Gasteiger partial charge on any atom is -0.354 e. The van der Waals surface area contributed by atoms with Crippen molar-refractivity contribution in [2.24, 2.45) is 0 Å². The number of rotatable bonds is 4. The minimum absolute atomic E-state index is 0.0221. The van der Waals surface area contributed by atoms with Crippen LogP contribution in [-0.2, 0) is 6.18 Å². The molecule has 5 nitrogen and oxygen atoms in total. The van der Waals surface area contributed by atoms with E-state index in [0.717, 1.165) is 30.8 Å². The second-order valence-electron chi connectivity index (χ2n) is 7.85. The fourth-order valence-electron chi connectivity index (χ4n) is 3.84. The molecule has 2 aliphatic rings. The Morgan fingerprint density at radius 1 is 1.10 bits per heavy atom. The zero-order valence-electron chi connectivity index (χ0n) is 16.4. The topological polar surface area (TPSA) is 49.3 Å². The van der Waals surface area contributed by atoms with Crippen molar-refractivity contribution in [1.82, 2.24) is 14.9 Å². The maximum Gasteiger partial charge on any atom is 0.417 e. The molecule has 0 N–H and O–H groups in total. The van der Waals surface area contributed by atoms with Gasteiger partial charge in [0.15, 0.2) is 0 Å². The van der Waals surface area contributed by atoms with E-state index in [1.54, 1.807) is 21.9 Å². The third-order valence-electron chi connectivity index (χ3n) is 5.60. The first-order valence-corrected chi connectivity index (χ1v) is 9.91. The predicted molar refractivity (Wildman–Crippen MR) is 103 cm³/mol. The van der Waals surface area contributed by atoms with Crippen molar-refractivity contribution in [3.05, 3.63) is 53.5 Å². The number of alkyl halides is 4. The lowest BCUT2D eigenvalue weighted by molar-refractivity contribution is -0.137. The summed E-state index contributed by atoms with van der Waals surface area (Å²) in [4.78, 5) is 24.4. The summed E-state index contributed by atoms with van der Waals surface area (Å²) < 4.78 is 53.4. The maximum atomic E-state index is 15.2. The zero-order valence-corrected chi connectivity index (χ0v) is 16.4. The van der Waals surface area contributed by atoms with Gasteiger partial charge in [-0.05, 0) is 50.5 Å².